The number of nitro benzene ring substituents is 1. The highest BCUT2D eigenvalue weighted by atomic mass is 32.1. The van der Waals surface area contributed by atoms with Crippen molar-refractivity contribution in [3.63, 3.8) is 0 Å². The van der Waals surface area contributed by atoms with Gasteiger partial charge in [-0.3, -0.25) is 29.8 Å². The quantitative estimate of drug-likeness (QED) is 0.207. The predicted octanol–water partition coefficient (Wildman–Crippen LogP) is 4.52. The van der Waals surface area contributed by atoms with Crippen molar-refractivity contribution in [1.29, 1.82) is 0 Å². The molecule has 1 amide bonds. The lowest BCUT2D eigenvalue weighted by Gasteiger charge is -2.04. The maximum atomic E-state index is 12.5. The Morgan fingerprint density at radius 2 is 1.45 bits per heavy atom. The fraction of sp³-hybridized carbons (Fsp3) is 0. The normalized spacial score (nSPS) is 10.6. The van der Waals surface area contributed by atoms with Crippen LogP contribution in [-0.2, 0) is 0 Å². The van der Waals surface area contributed by atoms with Crippen LogP contribution in [0.5, 0.6) is 0 Å². The number of aromatic nitrogens is 1. The van der Waals surface area contributed by atoms with Crippen molar-refractivity contribution in [1.82, 2.24) is 4.98 Å². The van der Waals surface area contributed by atoms with Crippen molar-refractivity contribution >= 4 is 49.8 Å². The van der Waals surface area contributed by atoms with E-state index in [-0.39, 0.29) is 16.8 Å². The van der Waals surface area contributed by atoms with Gasteiger partial charge in [0.15, 0.2) is 5.13 Å². The van der Waals surface area contributed by atoms with Crippen LogP contribution in [0.25, 0.3) is 10.2 Å². The van der Waals surface area contributed by atoms with E-state index >= 15 is 0 Å². The van der Waals surface area contributed by atoms with Gasteiger partial charge in [0.25, 0.3) is 11.6 Å². The van der Waals surface area contributed by atoms with Crippen molar-refractivity contribution in [2.75, 3.05) is 5.32 Å². The van der Waals surface area contributed by atoms with Gasteiger partial charge in [0.05, 0.1) is 15.1 Å². The fourth-order valence-electron chi connectivity index (χ4n) is 2.87. The highest BCUT2D eigenvalue weighted by Crippen LogP contribution is 2.29. The van der Waals surface area contributed by atoms with Crippen molar-refractivity contribution in [2.45, 2.75) is 0 Å². The van der Waals surface area contributed by atoms with Gasteiger partial charge in [-0.25, -0.2) is 4.98 Å². The van der Waals surface area contributed by atoms with Crippen LogP contribution < -0.4 is 5.32 Å². The Hall–Kier alpha value is -4.24. The number of rotatable bonds is 6. The van der Waals surface area contributed by atoms with Gasteiger partial charge in [-0.1, -0.05) is 53.8 Å². The maximum absolute atomic E-state index is 12.5. The SMILES string of the molecule is O=C(Nc1nc2ccc([N+](=O)[O-])cc2s1)c1ccc(C(=O)C(=O)c2ccccc2)cc1. The molecule has 4 rings (SSSR count). The molecule has 0 aliphatic rings. The van der Waals surface area contributed by atoms with Crippen LogP contribution in [0.3, 0.4) is 0 Å². The number of nitrogens with one attached hydrogen (secondary N) is 1. The number of carbonyl (C=O) groups is 3. The second-order valence-electron chi connectivity index (χ2n) is 6.48. The summed E-state index contributed by atoms with van der Waals surface area (Å²) >= 11 is 1.12. The van der Waals surface area contributed by atoms with Crippen LogP contribution in [0.15, 0.2) is 72.8 Å². The molecule has 0 bridgehead atoms. The molecule has 4 aromatic rings. The number of Topliss-reactive ketones (excluding diaryl/α,β-unsaturated/α-hetero) is 2. The molecule has 0 saturated carbocycles. The van der Waals surface area contributed by atoms with Gasteiger partial charge < -0.3 is 0 Å². The molecule has 0 unspecified atom stereocenters. The number of fused-ring (bicyclic) bond motifs is 1. The van der Waals surface area contributed by atoms with Gasteiger partial charge in [-0.2, -0.15) is 0 Å². The van der Waals surface area contributed by atoms with Crippen LogP contribution in [0.4, 0.5) is 10.8 Å². The maximum Gasteiger partial charge on any atom is 0.270 e. The minimum Gasteiger partial charge on any atom is -0.298 e. The standard InChI is InChI=1S/C22H13N3O5S/c26-19(13-4-2-1-3-5-13)20(27)14-6-8-15(9-7-14)21(28)24-22-23-17-11-10-16(25(29)30)12-18(17)31-22/h1-12H,(H,23,24,28). The topological polar surface area (TPSA) is 119 Å². The molecular formula is C22H13N3O5S. The Morgan fingerprint density at radius 3 is 2.10 bits per heavy atom. The average molecular weight is 431 g/mol. The van der Waals surface area contributed by atoms with Crippen LogP contribution in [0.1, 0.15) is 31.1 Å². The molecule has 8 nitrogen and oxygen atoms in total. The van der Waals surface area contributed by atoms with E-state index in [9.17, 15) is 24.5 Å². The summed E-state index contributed by atoms with van der Waals surface area (Å²) in [4.78, 5) is 51.8. The van der Waals surface area contributed by atoms with E-state index in [1.807, 2.05) is 0 Å². The Morgan fingerprint density at radius 1 is 0.839 bits per heavy atom. The molecule has 31 heavy (non-hydrogen) atoms. The summed E-state index contributed by atoms with van der Waals surface area (Å²) in [6, 6.07) is 18.2. The summed E-state index contributed by atoms with van der Waals surface area (Å²) in [5.41, 5.74) is 1.22. The minimum absolute atomic E-state index is 0.0562. The molecule has 0 radical (unpaired) electrons. The van der Waals surface area contributed by atoms with E-state index in [2.05, 4.69) is 10.3 Å². The molecule has 0 saturated heterocycles. The summed E-state index contributed by atoms with van der Waals surface area (Å²) in [5, 5.41) is 13.8. The van der Waals surface area contributed by atoms with Gasteiger partial charge in [-0.15, -0.1) is 0 Å². The van der Waals surface area contributed by atoms with Gasteiger partial charge in [0, 0.05) is 28.8 Å². The number of thiazole rings is 1. The van der Waals surface area contributed by atoms with Crippen molar-refractivity contribution in [3.05, 3.63) is 99.6 Å². The lowest BCUT2D eigenvalue weighted by molar-refractivity contribution is -0.384. The summed E-state index contributed by atoms with van der Waals surface area (Å²) in [6.45, 7) is 0. The van der Waals surface area contributed by atoms with E-state index in [4.69, 9.17) is 0 Å². The number of amides is 1. The number of benzene rings is 3. The van der Waals surface area contributed by atoms with E-state index in [0.717, 1.165) is 11.3 Å². The third-order valence-electron chi connectivity index (χ3n) is 4.45. The van der Waals surface area contributed by atoms with Gasteiger partial charge in [0.1, 0.15) is 0 Å². The summed E-state index contributed by atoms with van der Waals surface area (Å²) < 4.78 is 0.574. The predicted molar refractivity (Wildman–Crippen MR) is 116 cm³/mol. The first-order valence-corrected chi connectivity index (χ1v) is 9.84. The van der Waals surface area contributed by atoms with E-state index in [1.165, 1.54) is 42.5 Å². The first kappa shape index (κ1) is 20.0. The van der Waals surface area contributed by atoms with Crippen LogP contribution >= 0.6 is 11.3 Å². The second kappa shape index (κ2) is 8.25. The molecule has 9 heteroatoms. The van der Waals surface area contributed by atoms with Gasteiger partial charge in [0.2, 0.25) is 11.6 Å². The van der Waals surface area contributed by atoms with Gasteiger partial charge >= 0.3 is 0 Å². The molecule has 0 atom stereocenters. The average Bonchev–Trinajstić information content (AvgIpc) is 3.20. The molecule has 1 N–H and O–H groups in total. The largest absolute Gasteiger partial charge is 0.298 e. The molecule has 0 aliphatic heterocycles. The van der Waals surface area contributed by atoms with Crippen LogP contribution in [0, 0.1) is 10.1 Å². The number of anilines is 1. The summed E-state index contributed by atoms with van der Waals surface area (Å²) in [7, 11) is 0. The van der Waals surface area contributed by atoms with E-state index in [1.54, 1.807) is 30.3 Å². The third kappa shape index (κ3) is 4.21. The first-order valence-electron chi connectivity index (χ1n) is 9.03. The van der Waals surface area contributed by atoms with Crippen LogP contribution in [0.2, 0.25) is 0 Å². The lowest BCUT2D eigenvalue weighted by Crippen LogP contribution is -2.15. The van der Waals surface area contributed by atoms with Crippen molar-refractivity contribution < 1.29 is 19.3 Å². The number of hydrogen-bond donors (Lipinski definition) is 1. The lowest BCUT2D eigenvalue weighted by atomic mass is 10.0. The number of nitro groups is 1. The number of non-ortho nitro benzene ring substituents is 1. The fourth-order valence-corrected chi connectivity index (χ4v) is 3.77. The Kier molecular flexibility index (Phi) is 5.33. The number of ketones is 2. The zero-order valence-corrected chi connectivity index (χ0v) is 16.6. The molecule has 0 aliphatic carbocycles. The highest BCUT2D eigenvalue weighted by Gasteiger charge is 2.19. The molecule has 3 aromatic carbocycles. The molecular weight excluding hydrogens is 418 g/mol. The molecule has 152 valence electrons. The van der Waals surface area contributed by atoms with Crippen LogP contribution in [-0.4, -0.2) is 27.4 Å². The van der Waals surface area contributed by atoms with E-state index in [0.29, 0.717) is 20.9 Å². The Bertz CT molecular complexity index is 1330. The zero-order chi connectivity index (χ0) is 22.0. The first-order chi connectivity index (χ1) is 14.9. The monoisotopic (exact) mass is 431 g/mol. The molecule has 1 heterocycles. The number of nitrogens with zero attached hydrogens (tertiary/aromatic N) is 2. The molecule has 0 fully saturated rings. The summed E-state index contributed by atoms with van der Waals surface area (Å²) in [6.07, 6.45) is 0. The van der Waals surface area contributed by atoms with Crippen molar-refractivity contribution in [2.24, 2.45) is 0 Å². The zero-order valence-electron chi connectivity index (χ0n) is 15.8. The Labute approximate surface area is 179 Å². The summed E-state index contributed by atoms with van der Waals surface area (Å²) in [5.74, 6) is -1.74. The number of carbonyl (C=O) groups excluding carboxylic acids is 3. The Balaban J connectivity index is 1.48. The molecule has 1 aromatic heterocycles. The minimum atomic E-state index is -0.661. The van der Waals surface area contributed by atoms with Gasteiger partial charge in [-0.05, 0) is 18.2 Å². The third-order valence-corrected chi connectivity index (χ3v) is 5.39. The highest BCUT2D eigenvalue weighted by molar-refractivity contribution is 7.22. The second-order valence-corrected chi connectivity index (χ2v) is 7.51. The smallest absolute Gasteiger partial charge is 0.270 e. The van der Waals surface area contributed by atoms with E-state index < -0.39 is 22.4 Å². The molecule has 0 spiro atoms. The van der Waals surface area contributed by atoms with Crippen molar-refractivity contribution in [3.8, 4) is 0 Å². The number of hydrogen-bond acceptors (Lipinski definition) is 7.